The summed E-state index contributed by atoms with van der Waals surface area (Å²) in [6, 6.07) is 0.233. The molecule has 2 unspecified atom stereocenters. The fraction of sp³-hybridized carbons (Fsp3) is 1.00. The lowest BCUT2D eigenvalue weighted by molar-refractivity contribution is -1.02. The lowest BCUT2D eigenvalue weighted by Crippen LogP contribution is -3.00. The molecule has 0 aromatic heterocycles. The van der Waals surface area contributed by atoms with Gasteiger partial charge in [0, 0.05) is 13.8 Å². The Morgan fingerprint density at radius 3 is 1.11 bits per heavy atom. The van der Waals surface area contributed by atoms with E-state index >= 15 is 0 Å². The van der Waals surface area contributed by atoms with Gasteiger partial charge < -0.3 is 34.2 Å². The van der Waals surface area contributed by atoms with Crippen molar-refractivity contribution in [3.63, 3.8) is 0 Å². The summed E-state index contributed by atoms with van der Waals surface area (Å²) in [5.74, 6) is 0. The summed E-state index contributed by atoms with van der Waals surface area (Å²) in [4.78, 5) is 0. The van der Waals surface area contributed by atoms with Crippen LogP contribution in [0, 0.1) is 0 Å². The van der Waals surface area contributed by atoms with Gasteiger partial charge in [-0.3, -0.25) is 4.48 Å². The predicted octanol–water partition coefficient (Wildman–Crippen LogP) is 3.37. The molecule has 27 heavy (non-hydrogen) atoms. The van der Waals surface area contributed by atoms with Crippen LogP contribution < -0.4 is 24.0 Å². The van der Waals surface area contributed by atoms with Gasteiger partial charge in [0.25, 0.3) is 0 Å². The van der Waals surface area contributed by atoms with Gasteiger partial charge in [0.2, 0.25) is 0 Å². The van der Waals surface area contributed by atoms with Crippen molar-refractivity contribution in [3.8, 4) is 0 Å². The topological polar surface area (TPSA) is 40.5 Å². The summed E-state index contributed by atoms with van der Waals surface area (Å²) in [6.07, 6.45) is 17.9. The lowest BCUT2D eigenvalue weighted by atomic mass is 10.0. The molecule has 0 radical (unpaired) electrons. The highest BCUT2D eigenvalue weighted by atomic mass is 127. The number of quaternary nitrogens is 1. The van der Waals surface area contributed by atoms with E-state index in [1.165, 1.54) is 83.5 Å². The standard InChI is InChI=1S/C23H50NO2.HI/c1-6-7-8-9-10-11-12-13-14-15-16-17-18-19-20-24(21(2)3,22(4)25)23(5)26;/h21-23,25-26H,6-20H2,1-5H3;1H/q+1;/p-1. The molecule has 0 fully saturated rings. The number of hydrogen-bond acceptors (Lipinski definition) is 2. The Labute approximate surface area is 187 Å². The number of hydrogen-bond donors (Lipinski definition) is 2. The van der Waals surface area contributed by atoms with Crippen molar-refractivity contribution >= 4 is 0 Å². The van der Waals surface area contributed by atoms with Crippen molar-refractivity contribution in [3.05, 3.63) is 0 Å². The summed E-state index contributed by atoms with van der Waals surface area (Å²) >= 11 is 0. The normalized spacial score (nSPS) is 16.0. The maximum Gasteiger partial charge on any atom is 0.189 e. The van der Waals surface area contributed by atoms with E-state index in [2.05, 4.69) is 20.8 Å². The Kier molecular flexibility index (Phi) is 20.6. The van der Waals surface area contributed by atoms with Crippen molar-refractivity contribution in [1.82, 2.24) is 0 Å². The van der Waals surface area contributed by atoms with E-state index in [9.17, 15) is 10.2 Å². The molecule has 0 spiro atoms. The van der Waals surface area contributed by atoms with Crippen molar-refractivity contribution in [2.24, 2.45) is 0 Å². The summed E-state index contributed by atoms with van der Waals surface area (Å²) in [7, 11) is 0. The van der Waals surface area contributed by atoms with E-state index in [1.54, 1.807) is 0 Å². The Hall–Kier alpha value is 0.610. The van der Waals surface area contributed by atoms with Crippen LogP contribution in [0.1, 0.15) is 125 Å². The average Bonchev–Trinajstić information content (AvgIpc) is 2.57. The molecule has 0 amide bonds. The van der Waals surface area contributed by atoms with E-state index in [0.717, 1.165) is 13.0 Å². The van der Waals surface area contributed by atoms with Gasteiger partial charge in [-0.15, -0.1) is 0 Å². The maximum atomic E-state index is 10.2. The minimum absolute atomic E-state index is 0. The number of nitrogens with zero attached hydrogens (tertiary/aromatic N) is 1. The Balaban J connectivity index is 0. The number of halogens is 1. The second kappa shape index (κ2) is 18.6. The molecule has 0 bridgehead atoms. The molecule has 0 aromatic rings. The van der Waals surface area contributed by atoms with Crippen LogP contribution in [-0.2, 0) is 0 Å². The van der Waals surface area contributed by atoms with Crippen LogP contribution in [-0.4, -0.2) is 39.7 Å². The molecule has 2 N–H and O–H groups in total. The van der Waals surface area contributed by atoms with Gasteiger partial charge in [0.05, 0.1) is 12.6 Å². The van der Waals surface area contributed by atoms with Crippen molar-refractivity contribution in [1.29, 1.82) is 0 Å². The van der Waals surface area contributed by atoms with Gasteiger partial charge in [-0.1, -0.05) is 84.0 Å². The second-order valence-corrected chi connectivity index (χ2v) is 8.67. The summed E-state index contributed by atoms with van der Waals surface area (Å²) < 4.78 is 0.401. The molecule has 0 saturated heterocycles. The van der Waals surface area contributed by atoms with Crippen LogP contribution >= 0.6 is 0 Å². The molecule has 0 heterocycles. The Morgan fingerprint density at radius 2 is 0.852 bits per heavy atom. The zero-order valence-electron chi connectivity index (χ0n) is 19.1. The first-order chi connectivity index (χ1) is 12.4. The smallest absolute Gasteiger partial charge is 0.189 e. The molecule has 2 atom stereocenters. The molecule has 4 heteroatoms. The molecule has 0 saturated carbocycles. The summed E-state index contributed by atoms with van der Waals surface area (Å²) in [6.45, 7) is 11.0. The van der Waals surface area contributed by atoms with E-state index in [4.69, 9.17) is 0 Å². The first kappa shape index (κ1) is 29.8. The fourth-order valence-corrected chi connectivity index (χ4v) is 4.39. The van der Waals surface area contributed by atoms with Crippen LogP contribution in [0.15, 0.2) is 0 Å². The van der Waals surface area contributed by atoms with Crippen molar-refractivity contribution in [2.75, 3.05) is 6.54 Å². The van der Waals surface area contributed by atoms with E-state index in [1.807, 2.05) is 13.8 Å². The first-order valence-corrected chi connectivity index (χ1v) is 11.6. The molecule has 0 aliphatic carbocycles. The predicted molar refractivity (Wildman–Crippen MR) is 114 cm³/mol. The molecule has 3 nitrogen and oxygen atoms in total. The number of aliphatic hydroxyl groups is 2. The third-order valence-corrected chi connectivity index (χ3v) is 6.25. The molecule has 0 aliphatic heterocycles. The van der Waals surface area contributed by atoms with Gasteiger partial charge in [-0.05, 0) is 26.7 Å². The molecule has 166 valence electrons. The molecule has 0 aliphatic rings. The van der Waals surface area contributed by atoms with Crippen LogP contribution in [0.25, 0.3) is 0 Å². The number of unbranched alkanes of at least 4 members (excludes halogenated alkanes) is 13. The van der Waals surface area contributed by atoms with Crippen LogP contribution in [0.3, 0.4) is 0 Å². The van der Waals surface area contributed by atoms with E-state index < -0.39 is 12.5 Å². The third-order valence-electron chi connectivity index (χ3n) is 6.25. The van der Waals surface area contributed by atoms with Gasteiger partial charge in [0.1, 0.15) is 0 Å². The summed E-state index contributed by atoms with van der Waals surface area (Å²) in [5.41, 5.74) is 0. The maximum absolute atomic E-state index is 10.2. The lowest BCUT2D eigenvalue weighted by Gasteiger charge is -2.46. The third kappa shape index (κ3) is 12.7. The molecular formula is C23H50INO2. The molecule has 0 rings (SSSR count). The van der Waals surface area contributed by atoms with E-state index in [0.29, 0.717) is 4.48 Å². The van der Waals surface area contributed by atoms with Crippen molar-refractivity contribution < 1.29 is 38.7 Å². The van der Waals surface area contributed by atoms with Gasteiger partial charge in [-0.25, -0.2) is 0 Å². The quantitative estimate of drug-likeness (QED) is 0.131. The van der Waals surface area contributed by atoms with Crippen LogP contribution in [0.5, 0.6) is 0 Å². The monoisotopic (exact) mass is 499 g/mol. The number of rotatable bonds is 18. The highest BCUT2D eigenvalue weighted by molar-refractivity contribution is 4.54. The van der Waals surface area contributed by atoms with Gasteiger partial charge in [0.15, 0.2) is 12.5 Å². The zero-order chi connectivity index (χ0) is 19.8. The van der Waals surface area contributed by atoms with Gasteiger partial charge in [-0.2, -0.15) is 0 Å². The average molecular weight is 500 g/mol. The highest BCUT2D eigenvalue weighted by Crippen LogP contribution is 2.24. The SMILES string of the molecule is CCCCCCCCCCCCCCCC[N+](C(C)C)(C(C)O)C(C)O.[I-]. The Morgan fingerprint density at radius 1 is 0.556 bits per heavy atom. The molecular weight excluding hydrogens is 449 g/mol. The fourth-order valence-electron chi connectivity index (χ4n) is 4.39. The van der Waals surface area contributed by atoms with Crippen LogP contribution in [0.2, 0.25) is 0 Å². The first-order valence-electron chi connectivity index (χ1n) is 11.6. The number of aliphatic hydroxyl groups excluding tert-OH is 2. The second-order valence-electron chi connectivity index (χ2n) is 8.67. The minimum Gasteiger partial charge on any atom is -1.00 e. The minimum atomic E-state index is -0.517. The van der Waals surface area contributed by atoms with E-state index in [-0.39, 0.29) is 30.0 Å². The highest BCUT2D eigenvalue weighted by Gasteiger charge is 2.40. The molecule has 0 aromatic carbocycles. The Bertz CT molecular complexity index is 287. The largest absolute Gasteiger partial charge is 1.00 e. The van der Waals surface area contributed by atoms with Gasteiger partial charge >= 0.3 is 0 Å². The zero-order valence-corrected chi connectivity index (χ0v) is 21.2. The van der Waals surface area contributed by atoms with Crippen molar-refractivity contribution in [2.45, 2.75) is 143 Å². The van der Waals surface area contributed by atoms with Crippen LogP contribution in [0.4, 0.5) is 0 Å². The summed E-state index contributed by atoms with van der Waals surface area (Å²) in [5, 5.41) is 20.4.